The largest absolute Gasteiger partial charge is 0.396 e. The molecule has 5 heteroatoms. The van der Waals surface area contributed by atoms with Gasteiger partial charge in [-0.05, 0) is 56.0 Å². The quantitative estimate of drug-likeness (QED) is 0.846. The first-order valence-electron chi connectivity index (χ1n) is 6.23. The number of nitrogens with one attached hydrogen (secondary N) is 1. The van der Waals surface area contributed by atoms with Crippen LogP contribution < -0.4 is 5.32 Å². The summed E-state index contributed by atoms with van der Waals surface area (Å²) in [5.74, 6) is 0. The second-order valence-corrected chi connectivity index (χ2v) is 6.20. The second kappa shape index (κ2) is 7.01. The van der Waals surface area contributed by atoms with Gasteiger partial charge < -0.3 is 10.4 Å². The summed E-state index contributed by atoms with van der Waals surface area (Å²) < 4.78 is 2.13. The number of halogens is 2. The van der Waals surface area contributed by atoms with E-state index in [-0.39, 0.29) is 6.61 Å². The van der Waals surface area contributed by atoms with Crippen molar-refractivity contribution in [1.82, 2.24) is 10.2 Å². The molecule has 0 radical (unpaired) electrons. The molecule has 2 N–H and O–H groups in total. The third-order valence-corrected chi connectivity index (χ3v) is 5.20. The molecule has 0 saturated carbocycles. The van der Waals surface area contributed by atoms with E-state index in [9.17, 15) is 5.11 Å². The Morgan fingerprint density at radius 1 is 1.22 bits per heavy atom. The van der Waals surface area contributed by atoms with Crippen molar-refractivity contribution in [2.45, 2.75) is 12.5 Å². The molecule has 0 amide bonds. The van der Waals surface area contributed by atoms with E-state index in [1.807, 2.05) is 0 Å². The Morgan fingerprint density at radius 3 is 2.56 bits per heavy atom. The monoisotopic (exact) mass is 376 g/mol. The lowest BCUT2D eigenvalue weighted by Crippen LogP contribution is -2.45. The van der Waals surface area contributed by atoms with Crippen molar-refractivity contribution in [3.63, 3.8) is 0 Å². The van der Waals surface area contributed by atoms with Crippen molar-refractivity contribution in [1.29, 1.82) is 0 Å². The van der Waals surface area contributed by atoms with Crippen LogP contribution in [0.1, 0.15) is 18.0 Å². The van der Waals surface area contributed by atoms with E-state index in [2.05, 4.69) is 60.3 Å². The van der Waals surface area contributed by atoms with Crippen LogP contribution in [-0.2, 0) is 0 Å². The topological polar surface area (TPSA) is 35.5 Å². The molecule has 1 saturated heterocycles. The van der Waals surface area contributed by atoms with Crippen molar-refractivity contribution >= 4 is 31.9 Å². The zero-order valence-electron chi connectivity index (χ0n) is 10.2. The van der Waals surface area contributed by atoms with E-state index >= 15 is 0 Å². The van der Waals surface area contributed by atoms with E-state index in [1.54, 1.807) is 0 Å². The van der Waals surface area contributed by atoms with E-state index in [4.69, 9.17) is 0 Å². The number of aliphatic hydroxyl groups is 1. The summed E-state index contributed by atoms with van der Waals surface area (Å²) in [6.45, 7) is 4.36. The molecule has 1 aromatic carbocycles. The summed E-state index contributed by atoms with van der Waals surface area (Å²) in [6, 6.07) is 6.65. The van der Waals surface area contributed by atoms with Gasteiger partial charge in [-0.2, -0.15) is 0 Å². The van der Waals surface area contributed by atoms with Gasteiger partial charge in [0.05, 0.1) is 0 Å². The first-order chi connectivity index (χ1) is 8.72. The Kier molecular flexibility index (Phi) is 5.63. The van der Waals surface area contributed by atoms with E-state index < -0.39 is 0 Å². The summed E-state index contributed by atoms with van der Waals surface area (Å²) in [6.07, 6.45) is 0.786. The van der Waals surface area contributed by atoms with Gasteiger partial charge in [0.25, 0.3) is 0 Å². The summed E-state index contributed by atoms with van der Waals surface area (Å²) in [5.41, 5.74) is 1.26. The normalized spacial score (nSPS) is 18.8. The lowest BCUT2D eigenvalue weighted by molar-refractivity contribution is 0.141. The molecule has 0 aromatic heterocycles. The highest BCUT2D eigenvalue weighted by molar-refractivity contribution is 9.13. The molecule has 2 rings (SSSR count). The van der Waals surface area contributed by atoms with Crippen molar-refractivity contribution in [3.05, 3.63) is 32.7 Å². The number of aliphatic hydroxyl groups excluding tert-OH is 1. The van der Waals surface area contributed by atoms with Crippen molar-refractivity contribution in [3.8, 4) is 0 Å². The smallest absolute Gasteiger partial charge is 0.0449 e. The Hall–Kier alpha value is 0.0600. The van der Waals surface area contributed by atoms with Crippen LogP contribution in [0.2, 0.25) is 0 Å². The van der Waals surface area contributed by atoms with Crippen LogP contribution in [-0.4, -0.2) is 42.8 Å². The van der Waals surface area contributed by atoms with Crippen LogP contribution in [0.25, 0.3) is 0 Å². The van der Waals surface area contributed by atoms with Gasteiger partial charge in [0.2, 0.25) is 0 Å². The minimum Gasteiger partial charge on any atom is -0.396 e. The highest BCUT2D eigenvalue weighted by Crippen LogP contribution is 2.30. The maximum absolute atomic E-state index is 9.29. The minimum absolute atomic E-state index is 0.224. The van der Waals surface area contributed by atoms with Gasteiger partial charge in [-0.1, -0.05) is 6.07 Å². The highest BCUT2D eigenvalue weighted by atomic mass is 79.9. The summed E-state index contributed by atoms with van der Waals surface area (Å²) in [5, 5.41) is 12.7. The van der Waals surface area contributed by atoms with Crippen LogP contribution >= 0.6 is 31.9 Å². The van der Waals surface area contributed by atoms with E-state index in [1.165, 1.54) is 5.56 Å². The predicted octanol–water partition coefficient (Wildman–Crippen LogP) is 2.54. The fraction of sp³-hybridized carbons (Fsp3) is 0.538. The molecular weight excluding hydrogens is 360 g/mol. The average molecular weight is 378 g/mol. The Balaban J connectivity index is 2.19. The molecule has 0 bridgehead atoms. The summed E-state index contributed by atoms with van der Waals surface area (Å²) >= 11 is 7.04. The molecule has 1 aliphatic heterocycles. The van der Waals surface area contributed by atoms with Crippen LogP contribution in [0.4, 0.5) is 0 Å². The van der Waals surface area contributed by atoms with Crippen LogP contribution in [0.5, 0.6) is 0 Å². The summed E-state index contributed by atoms with van der Waals surface area (Å²) in [7, 11) is 0. The zero-order chi connectivity index (χ0) is 13.0. The molecule has 0 aliphatic carbocycles. The fourth-order valence-electron chi connectivity index (χ4n) is 2.40. The van der Waals surface area contributed by atoms with Gasteiger partial charge in [0.15, 0.2) is 0 Å². The van der Waals surface area contributed by atoms with E-state index in [0.29, 0.717) is 6.04 Å². The molecule has 1 atom stereocenters. The molecule has 3 nitrogen and oxygen atoms in total. The van der Waals surface area contributed by atoms with E-state index in [0.717, 1.165) is 41.5 Å². The molecule has 100 valence electrons. The van der Waals surface area contributed by atoms with Crippen molar-refractivity contribution in [2.75, 3.05) is 32.8 Å². The number of hydrogen-bond acceptors (Lipinski definition) is 3. The maximum Gasteiger partial charge on any atom is 0.0449 e. The standard InChI is InChI=1S/C13H18Br2N2O/c14-11-2-1-10(9-12(11)15)13(3-8-18)17-6-4-16-5-7-17/h1-2,9,13,16,18H,3-8H2/t13-/m1/s1. The molecule has 18 heavy (non-hydrogen) atoms. The molecule has 0 spiro atoms. The summed E-state index contributed by atoms with van der Waals surface area (Å²) in [4.78, 5) is 2.45. The fourth-order valence-corrected chi connectivity index (χ4v) is 3.04. The third-order valence-electron chi connectivity index (χ3n) is 3.32. The SMILES string of the molecule is OCC[C@H](c1ccc(Br)c(Br)c1)N1CCNCC1. The Bertz CT molecular complexity index is 395. The number of nitrogens with zero attached hydrogens (tertiary/aromatic N) is 1. The number of benzene rings is 1. The van der Waals surface area contributed by atoms with Gasteiger partial charge >= 0.3 is 0 Å². The molecular formula is C13H18Br2N2O. The van der Waals surface area contributed by atoms with Gasteiger partial charge in [0, 0.05) is 47.8 Å². The van der Waals surface area contributed by atoms with Gasteiger partial charge in [-0.15, -0.1) is 0 Å². The maximum atomic E-state index is 9.29. The van der Waals surface area contributed by atoms with Gasteiger partial charge in [-0.3, -0.25) is 4.90 Å². The molecule has 1 aliphatic rings. The van der Waals surface area contributed by atoms with Crippen LogP contribution in [0, 0.1) is 0 Å². The molecule has 1 aromatic rings. The third kappa shape index (κ3) is 3.54. The van der Waals surface area contributed by atoms with Gasteiger partial charge in [0.1, 0.15) is 0 Å². The number of piperazine rings is 1. The van der Waals surface area contributed by atoms with Crippen molar-refractivity contribution in [2.24, 2.45) is 0 Å². The average Bonchev–Trinajstić information content (AvgIpc) is 2.40. The first kappa shape index (κ1) is 14.5. The zero-order valence-corrected chi connectivity index (χ0v) is 13.4. The number of rotatable bonds is 4. The Labute approximate surface area is 125 Å². The second-order valence-electron chi connectivity index (χ2n) is 4.49. The minimum atomic E-state index is 0.224. The van der Waals surface area contributed by atoms with Crippen LogP contribution in [0.3, 0.4) is 0 Å². The highest BCUT2D eigenvalue weighted by Gasteiger charge is 2.22. The lowest BCUT2D eigenvalue weighted by atomic mass is 10.0. The number of hydrogen-bond donors (Lipinski definition) is 2. The van der Waals surface area contributed by atoms with Crippen LogP contribution in [0.15, 0.2) is 27.1 Å². The molecule has 1 heterocycles. The molecule has 0 unspecified atom stereocenters. The van der Waals surface area contributed by atoms with Gasteiger partial charge in [-0.25, -0.2) is 0 Å². The Morgan fingerprint density at radius 2 is 1.94 bits per heavy atom. The molecule has 1 fully saturated rings. The van der Waals surface area contributed by atoms with Crippen molar-refractivity contribution < 1.29 is 5.11 Å². The first-order valence-corrected chi connectivity index (χ1v) is 7.81. The predicted molar refractivity (Wildman–Crippen MR) is 80.7 cm³/mol. The lowest BCUT2D eigenvalue weighted by Gasteiger charge is -2.35.